The first-order valence-electron chi connectivity index (χ1n) is 5.98. The van der Waals surface area contributed by atoms with Crippen molar-refractivity contribution in [3.63, 3.8) is 0 Å². The third-order valence-corrected chi connectivity index (χ3v) is 2.88. The minimum Gasteiger partial charge on any atom is -0.358 e. The maximum Gasteiger partial charge on any atom is 0.269 e. The molecule has 2 N–H and O–H groups in total. The summed E-state index contributed by atoms with van der Waals surface area (Å²) in [5.74, 6) is 0. The van der Waals surface area contributed by atoms with Gasteiger partial charge < -0.3 is 10.6 Å². The van der Waals surface area contributed by atoms with Crippen LogP contribution < -0.4 is 10.6 Å². The third kappa shape index (κ3) is 4.03. The van der Waals surface area contributed by atoms with Crippen LogP contribution in [0.25, 0.3) is 0 Å². The molecule has 0 amide bonds. The van der Waals surface area contributed by atoms with Crippen LogP contribution in [0.15, 0.2) is 54.6 Å². The van der Waals surface area contributed by atoms with Crippen molar-refractivity contribution in [3.8, 4) is 0 Å². The van der Waals surface area contributed by atoms with Crippen molar-refractivity contribution >= 4 is 28.7 Å². The Morgan fingerprint density at radius 1 is 1.10 bits per heavy atom. The highest BCUT2D eigenvalue weighted by molar-refractivity contribution is 7.80. The first-order valence-corrected chi connectivity index (χ1v) is 6.39. The predicted molar refractivity (Wildman–Crippen MR) is 82.6 cm³/mol. The van der Waals surface area contributed by atoms with Crippen molar-refractivity contribution < 1.29 is 4.92 Å². The summed E-state index contributed by atoms with van der Waals surface area (Å²) in [6, 6.07) is 16.0. The molecule has 5 nitrogen and oxygen atoms in total. The molecule has 20 heavy (non-hydrogen) atoms. The number of para-hydroxylation sites is 1. The lowest BCUT2D eigenvalue weighted by Crippen LogP contribution is -2.27. The second-order valence-electron chi connectivity index (χ2n) is 4.10. The van der Waals surface area contributed by atoms with Gasteiger partial charge in [0.25, 0.3) is 5.69 Å². The number of thiocarbonyl (C=S) groups is 1. The van der Waals surface area contributed by atoms with Gasteiger partial charge in [0.15, 0.2) is 5.11 Å². The zero-order valence-electron chi connectivity index (χ0n) is 10.6. The van der Waals surface area contributed by atoms with Crippen LogP contribution in [0, 0.1) is 10.1 Å². The number of nitro benzene ring substituents is 1. The highest BCUT2D eigenvalue weighted by Gasteiger charge is 2.04. The number of hydrogen-bond acceptors (Lipinski definition) is 3. The van der Waals surface area contributed by atoms with Crippen molar-refractivity contribution in [2.24, 2.45) is 0 Å². The molecule has 102 valence electrons. The van der Waals surface area contributed by atoms with Gasteiger partial charge in [0.2, 0.25) is 0 Å². The standard InChI is InChI=1S/C14H13N3O2S/c18-17(19)13-8-6-11(7-9-13)10-15-14(20)16-12-4-2-1-3-5-12/h1-9H,10H2,(H2,15,16,20). The molecule has 0 saturated heterocycles. The van der Waals surface area contributed by atoms with Crippen molar-refractivity contribution in [2.45, 2.75) is 6.54 Å². The predicted octanol–water partition coefficient (Wildman–Crippen LogP) is 3.08. The Balaban J connectivity index is 1.85. The van der Waals surface area contributed by atoms with Crippen LogP contribution >= 0.6 is 12.2 Å². The monoisotopic (exact) mass is 287 g/mol. The lowest BCUT2D eigenvalue weighted by atomic mass is 10.2. The molecule has 0 bridgehead atoms. The zero-order chi connectivity index (χ0) is 14.4. The minimum atomic E-state index is -0.418. The van der Waals surface area contributed by atoms with Crippen LogP contribution in [0.5, 0.6) is 0 Å². The maximum absolute atomic E-state index is 10.5. The molecule has 0 fully saturated rings. The number of nitro groups is 1. The molecule has 0 spiro atoms. The van der Waals surface area contributed by atoms with E-state index in [0.29, 0.717) is 11.7 Å². The number of benzene rings is 2. The van der Waals surface area contributed by atoms with E-state index in [4.69, 9.17) is 12.2 Å². The molecule has 2 aromatic carbocycles. The molecule has 6 heteroatoms. The fourth-order valence-electron chi connectivity index (χ4n) is 1.61. The van der Waals surface area contributed by atoms with E-state index in [-0.39, 0.29) is 5.69 Å². The molecular weight excluding hydrogens is 274 g/mol. The van der Waals surface area contributed by atoms with Gasteiger partial charge in [-0.2, -0.15) is 0 Å². The number of rotatable bonds is 4. The Bertz CT molecular complexity index is 600. The van der Waals surface area contributed by atoms with E-state index >= 15 is 0 Å². The van der Waals surface area contributed by atoms with Crippen LogP contribution in [0.3, 0.4) is 0 Å². The Morgan fingerprint density at radius 3 is 2.35 bits per heavy atom. The van der Waals surface area contributed by atoms with Crippen molar-refractivity contribution in [3.05, 3.63) is 70.3 Å². The van der Waals surface area contributed by atoms with E-state index in [1.165, 1.54) is 12.1 Å². The SMILES string of the molecule is O=[N+]([O-])c1ccc(CNC(=S)Nc2ccccc2)cc1. The van der Waals surface area contributed by atoms with E-state index < -0.39 is 4.92 Å². The van der Waals surface area contributed by atoms with E-state index in [2.05, 4.69) is 10.6 Å². The minimum absolute atomic E-state index is 0.0822. The molecule has 0 unspecified atom stereocenters. The van der Waals surface area contributed by atoms with Gasteiger partial charge in [-0.05, 0) is 29.9 Å². The van der Waals surface area contributed by atoms with Crippen LogP contribution in [-0.2, 0) is 6.54 Å². The van der Waals surface area contributed by atoms with E-state index in [0.717, 1.165) is 11.3 Å². The van der Waals surface area contributed by atoms with Gasteiger partial charge in [0, 0.05) is 24.4 Å². The lowest BCUT2D eigenvalue weighted by Gasteiger charge is -2.10. The zero-order valence-corrected chi connectivity index (χ0v) is 11.4. The Kier molecular flexibility index (Phi) is 4.62. The van der Waals surface area contributed by atoms with Gasteiger partial charge in [0.1, 0.15) is 0 Å². The molecule has 0 radical (unpaired) electrons. The molecule has 0 aliphatic heterocycles. The van der Waals surface area contributed by atoms with Crippen LogP contribution in [-0.4, -0.2) is 10.0 Å². The number of anilines is 1. The van der Waals surface area contributed by atoms with Crippen molar-refractivity contribution in [1.82, 2.24) is 5.32 Å². The Morgan fingerprint density at radius 2 is 1.75 bits per heavy atom. The first-order chi connectivity index (χ1) is 9.65. The van der Waals surface area contributed by atoms with Crippen molar-refractivity contribution in [1.29, 1.82) is 0 Å². The number of nitrogens with one attached hydrogen (secondary N) is 2. The van der Waals surface area contributed by atoms with Crippen LogP contribution in [0.4, 0.5) is 11.4 Å². The number of hydrogen-bond donors (Lipinski definition) is 2. The number of nitrogens with zero attached hydrogens (tertiary/aromatic N) is 1. The smallest absolute Gasteiger partial charge is 0.269 e. The summed E-state index contributed by atoms with van der Waals surface area (Å²) >= 11 is 5.17. The molecule has 0 aromatic heterocycles. The topological polar surface area (TPSA) is 67.2 Å². The molecule has 0 saturated carbocycles. The van der Waals surface area contributed by atoms with Gasteiger partial charge in [-0.25, -0.2) is 0 Å². The van der Waals surface area contributed by atoms with Gasteiger partial charge in [-0.15, -0.1) is 0 Å². The highest BCUT2D eigenvalue weighted by atomic mass is 32.1. The van der Waals surface area contributed by atoms with Crippen LogP contribution in [0.2, 0.25) is 0 Å². The summed E-state index contributed by atoms with van der Waals surface area (Å²) in [4.78, 5) is 10.1. The Labute approximate surface area is 121 Å². The molecular formula is C14H13N3O2S. The summed E-state index contributed by atoms with van der Waals surface area (Å²) in [7, 11) is 0. The molecule has 0 aliphatic carbocycles. The lowest BCUT2D eigenvalue weighted by molar-refractivity contribution is -0.384. The van der Waals surface area contributed by atoms with Crippen molar-refractivity contribution in [2.75, 3.05) is 5.32 Å². The highest BCUT2D eigenvalue weighted by Crippen LogP contribution is 2.11. The second-order valence-corrected chi connectivity index (χ2v) is 4.51. The summed E-state index contributed by atoms with van der Waals surface area (Å²) in [5, 5.41) is 17.1. The summed E-state index contributed by atoms with van der Waals surface area (Å²) in [6.07, 6.45) is 0. The van der Waals surface area contributed by atoms with E-state index in [9.17, 15) is 10.1 Å². The second kappa shape index (κ2) is 6.63. The molecule has 2 aromatic rings. The average molecular weight is 287 g/mol. The van der Waals surface area contributed by atoms with E-state index in [1.54, 1.807) is 12.1 Å². The fraction of sp³-hybridized carbons (Fsp3) is 0.0714. The third-order valence-electron chi connectivity index (χ3n) is 2.63. The maximum atomic E-state index is 10.5. The van der Waals surface area contributed by atoms with Crippen LogP contribution in [0.1, 0.15) is 5.56 Å². The first kappa shape index (κ1) is 14.0. The van der Waals surface area contributed by atoms with E-state index in [1.807, 2.05) is 30.3 Å². The summed E-state index contributed by atoms with van der Waals surface area (Å²) in [5.41, 5.74) is 1.92. The number of non-ortho nitro benzene ring substituents is 1. The quantitative estimate of drug-likeness (QED) is 0.514. The largest absolute Gasteiger partial charge is 0.358 e. The van der Waals surface area contributed by atoms with Gasteiger partial charge in [0.05, 0.1) is 4.92 Å². The van der Waals surface area contributed by atoms with Gasteiger partial charge >= 0.3 is 0 Å². The average Bonchev–Trinajstić information content (AvgIpc) is 2.46. The summed E-state index contributed by atoms with van der Waals surface area (Å²) in [6.45, 7) is 0.511. The van der Waals surface area contributed by atoms with Gasteiger partial charge in [-0.1, -0.05) is 30.3 Å². The molecule has 2 rings (SSSR count). The fourth-order valence-corrected chi connectivity index (χ4v) is 1.80. The Hall–Kier alpha value is -2.47. The molecule has 0 atom stereocenters. The normalized spacial score (nSPS) is 9.80. The molecule has 0 aliphatic rings. The van der Waals surface area contributed by atoms with Gasteiger partial charge in [-0.3, -0.25) is 10.1 Å². The molecule has 0 heterocycles. The summed E-state index contributed by atoms with van der Waals surface area (Å²) < 4.78 is 0.